The molecule has 0 aliphatic carbocycles. The summed E-state index contributed by atoms with van der Waals surface area (Å²) in [4.78, 5) is 12.0. The third-order valence-corrected chi connectivity index (χ3v) is 4.41. The van der Waals surface area contributed by atoms with E-state index in [9.17, 15) is 23.1 Å². The second-order valence-electron chi connectivity index (χ2n) is 6.55. The summed E-state index contributed by atoms with van der Waals surface area (Å²) in [6.45, 7) is 3.85. The molecule has 1 N–H and O–H groups in total. The quantitative estimate of drug-likeness (QED) is 0.626. The number of aromatic carboxylic acids is 1. The van der Waals surface area contributed by atoms with Gasteiger partial charge in [0.2, 0.25) is 0 Å². The summed E-state index contributed by atoms with van der Waals surface area (Å²) in [6, 6.07) is 11.9. The number of carboxylic acids is 1. The van der Waals surface area contributed by atoms with Crippen molar-refractivity contribution in [2.24, 2.45) is 0 Å². The van der Waals surface area contributed by atoms with E-state index in [0.29, 0.717) is 29.8 Å². The van der Waals surface area contributed by atoms with E-state index in [2.05, 4.69) is 5.10 Å². The minimum absolute atomic E-state index is 0.0168. The van der Waals surface area contributed by atoms with E-state index in [1.165, 1.54) is 12.1 Å². The lowest BCUT2D eigenvalue weighted by molar-refractivity contribution is -0.137. The van der Waals surface area contributed by atoms with E-state index < -0.39 is 17.7 Å². The Balaban J connectivity index is 2.21. The Labute approximate surface area is 160 Å². The van der Waals surface area contributed by atoms with Crippen molar-refractivity contribution in [3.05, 3.63) is 70.9 Å². The van der Waals surface area contributed by atoms with Crippen LogP contribution in [0.5, 0.6) is 0 Å². The van der Waals surface area contributed by atoms with Gasteiger partial charge in [0.15, 0.2) is 0 Å². The van der Waals surface area contributed by atoms with Crippen LogP contribution in [0.3, 0.4) is 0 Å². The molecule has 146 valence electrons. The number of nitrogens with zero attached hydrogens (tertiary/aromatic N) is 2. The number of carbonyl (C=O) groups is 1. The van der Waals surface area contributed by atoms with Crippen LogP contribution in [-0.2, 0) is 12.6 Å². The van der Waals surface area contributed by atoms with Crippen LogP contribution >= 0.6 is 0 Å². The Morgan fingerprint density at radius 3 is 2.36 bits per heavy atom. The van der Waals surface area contributed by atoms with Crippen LogP contribution in [0, 0.1) is 6.92 Å². The first-order valence-corrected chi connectivity index (χ1v) is 8.82. The molecule has 1 heterocycles. The molecule has 3 rings (SSSR count). The Kier molecular flexibility index (Phi) is 5.27. The molecule has 0 amide bonds. The lowest BCUT2D eigenvalue weighted by Gasteiger charge is -2.08. The highest BCUT2D eigenvalue weighted by molar-refractivity contribution is 5.96. The van der Waals surface area contributed by atoms with Gasteiger partial charge in [0.1, 0.15) is 11.3 Å². The Hall–Kier alpha value is -3.09. The van der Waals surface area contributed by atoms with Crippen molar-refractivity contribution in [3.63, 3.8) is 0 Å². The monoisotopic (exact) mass is 388 g/mol. The van der Waals surface area contributed by atoms with Gasteiger partial charge in [-0.1, -0.05) is 37.6 Å². The highest BCUT2D eigenvalue weighted by atomic mass is 19.4. The topological polar surface area (TPSA) is 55.1 Å². The molecular weight excluding hydrogens is 369 g/mol. The Bertz CT molecular complexity index is 1010. The molecule has 0 bridgehead atoms. The van der Waals surface area contributed by atoms with Crippen molar-refractivity contribution in [3.8, 4) is 16.9 Å². The highest BCUT2D eigenvalue weighted by Crippen LogP contribution is 2.33. The van der Waals surface area contributed by atoms with Crippen LogP contribution in [0.25, 0.3) is 16.9 Å². The van der Waals surface area contributed by atoms with Gasteiger partial charge in [0.05, 0.1) is 16.9 Å². The second kappa shape index (κ2) is 7.50. The number of alkyl halides is 3. The average Bonchev–Trinajstić information content (AvgIpc) is 3.01. The molecular formula is C21H19F3N2O2. The van der Waals surface area contributed by atoms with Gasteiger partial charge in [-0.15, -0.1) is 0 Å². The second-order valence-corrected chi connectivity index (χ2v) is 6.55. The van der Waals surface area contributed by atoms with Gasteiger partial charge in [0, 0.05) is 5.56 Å². The largest absolute Gasteiger partial charge is 0.478 e. The number of aromatic nitrogens is 2. The zero-order valence-electron chi connectivity index (χ0n) is 15.4. The molecule has 0 aliphatic heterocycles. The average molecular weight is 388 g/mol. The number of rotatable bonds is 5. The molecule has 0 unspecified atom stereocenters. The lowest BCUT2D eigenvalue weighted by atomic mass is 10.0. The Morgan fingerprint density at radius 1 is 1.14 bits per heavy atom. The number of carboxylic acid groups (broad SMARTS) is 1. The maximum absolute atomic E-state index is 12.8. The molecule has 0 saturated carbocycles. The standard InChI is InChI=1S/C21H19F3N2O2/c1-3-5-17-18(20(27)28)19(14-8-10-15(11-9-14)21(22,23)24)25-26(17)16-7-4-6-13(2)12-16/h4,6-12H,3,5H2,1-2H3,(H,27,28). The van der Waals surface area contributed by atoms with Crippen molar-refractivity contribution < 1.29 is 23.1 Å². The van der Waals surface area contributed by atoms with Gasteiger partial charge in [-0.25, -0.2) is 9.48 Å². The normalized spacial score (nSPS) is 11.6. The van der Waals surface area contributed by atoms with Crippen LogP contribution in [0.4, 0.5) is 13.2 Å². The summed E-state index contributed by atoms with van der Waals surface area (Å²) >= 11 is 0. The van der Waals surface area contributed by atoms with Gasteiger partial charge in [-0.3, -0.25) is 0 Å². The van der Waals surface area contributed by atoms with Crippen molar-refractivity contribution in [2.45, 2.75) is 32.9 Å². The molecule has 4 nitrogen and oxygen atoms in total. The fourth-order valence-corrected chi connectivity index (χ4v) is 3.14. The Morgan fingerprint density at radius 2 is 1.82 bits per heavy atom. The predicted octanol–water partition coefficient (Wildman–Crippen LogP) is 5.52. The molecule has 0 atom stereocenters. The van der Waals surface area contributed by atoms with E-state index in [0.717, 1.165) is 17.7 Å². The first kappa shape index (κ1) is 19.7. The fraction of sp³-hybridized carbons (Fsp3) is 0.238. The van der Waals surface area contributed by atoms with E-state index >= 15 is 0 Å². The molecule has 0 saturated heterocycles. The molecule has 1 aromatic heterocycles. The van der Waals surface area contributed by atoms with Gasteiger partial charge < -0.3 is 5.11 Å². The molecule has 0 aliphatic rings. The molecule has 7 heteroatoms. The zero-order chi connectivity index (χ0) is 20.5. The van der Waals surface area contributed by atoms with Crippen LogP contribution in [0.15, 0.2) is 48.5 Å². The highest BCUT2D eigenvalue weighted by Gasteiger charge is 2.31. The van der Waals surface area contributed by atoms with Crippen molar-refractivity contribution in [1.82, 2.24) is 9.78 Å². The van der Waals surface area contributed by atoms with Gasteiger partial charge in [-0.05, 0) is 43.2 Å². The molecule has 2 aromatic carbocycles. The van der Waals surface area contributed by atoms with E-state index in [4.69, 9.17) is 0 Å². The molecule has 28 heavy (non-hydrogen) atoms. The molecule has 0 fully saturated rings. The number of hydrogen-bond acceptors (Lipinski definition) is 2. The van der Waals surface area contributed by atoms with Crippen LogP contribution in [-0.4, -0.2) is 20.9 Å². The fourth-order valence-electron chi connectivity index (χ4n) is 3.14. The van der Waals surface area contributed by atoms with Gasteiger partial charge in [-0.2, -0.15) is 18.3 Å². The van der Waals surface area contributed by atoms with E-state index in [-0.39, 0.29) is 11.3 Å². The minimum atomic E-state index is -4.46. The number of aryl methyl sites for hydroxylation is 1. The van der Waals surface area contributed by atoms with Crippen LogP contribution in [0.1, 0.15) is 40.5 Å². The summed E-state index contributed by atoms with van der Waals surface area (Å²) in [5.41, 5.74) is 1.94. The van der Waals surface area contributed by atoms with E-state index in [1.54, 1.807) is 4.68 Å². The summed E-state index contributed by atoms with van der Waals surface area (Å²) in [5.74, 6) is -1.16. The van der Waals surface area contributed by atoms with Crippen molar-refractivity contribution in [2.75, 3.05) is 0 Å². The zero-order valence-corrected chi connectivity index (χ0v) is 15.4. The summed E-state index contributed by atoms with van der Waals surface area (Å²) in [5, 5.41) is 14.3. The maximum atomic E-state index is 12.8. The SMILES string of the molecule is CCCc1c(C(=O)O)c(-c2ccc(C(F)(F)F)cc2)nn1-c1cccc(C)c1. The number of benzene rings is 2. The molecule has 0 spiro atoms. The summed E-state index contributed by atoms with van der Waals surface area (Å²) in [6.07, 6.45) is -3.28. The molecule has 0 radical (unpaired) electrons. The van der Waals surface area contributed by atoms with Crippen LogP contribution in [0.2, 0.25) is 0 Å². The summed E-state index contributed by atoms with van der Waals surface area (Å²) in [7, 11) is 0. The van der Waals surface area contributed by atoms with Crippen LogP contribution < -0.4 is 0 Å². The smallest absolute Gasteiger partial charge is 0.416 e. The van der Waals surface area contributed by atoms with Gasteiger partial charge in [0.25, 0.3) is 0 Å². The number of hydrogen-bond donors (Lipinski definition) is 1. The first-order chi connectivity index (χ1) is 13.2. The lowest BCUT2D eigenvalue weighted by Crippen LogP contribution is -2.07. The summed E-state index contributed by atoms with van der Waals surface area (Å²) < 4.78 is 40.1. The molecule has 3 aromatic rings. The minimum Gasteiger partial charge on any atom is -0.478 e. The maximum Gasteiger partial charge on any atom is 0.416 e. The predicted molar refractivity (Wildman–Crippen MR) is 99.7 cm³/mol. The third kappa shape index (κ3) is 3.78. The first-order valence-electron chi connectivity index (χ1n) is 8.82. The van der Waals surface area contributed by atoms with E-state index in [1.807, 2.05) is 38.1 Å². The third-order valence-electron chi connectivity index (χ3n) is 4.41. The van der Waals surface area contributed by atoms with Gasteiger partial charge >= 0.3 is 12.1 Å². The van der Waals surface area contributed by atoms with Crippen molar-refractivity contribution >= 4 is 5.97 Å². The number of halogens is 3. The van der Waals surface area contributed by atoms with Crippen molar-refractivity contribution in [1.29, 1.82) is 0 Å².